The first-order valence-electron chi connectivity index (χ1n) is 6.18. The molecule has 0 unspecified atom stereocenters. The largest absolute Gasteiger partial charge is 0.470 e. The Morgan fingerprint density at radius 1 is 0.800 bits per heavy atom. The van der Waals surface area contributed by atoms with Gasteiger partial charge < -0.3 is 43.9 Å². The molecule has 0 aromatic heterocycles. The lowest BCUT2D eigenvalue weighted by Gasteiger charge is -2.44. The molecular formula is C7H17O15P3. The highest BCUT2D eigenvalue weighted by molar-refractivity contribution is 7.47. The maximum Gasteiger partial charge on any atom is 0.470 e. The van der Waals surface area contributed by atoms with Crippen molar-refractivity contribution in [1.29, 1.82) is 0 Å². The van der Waals surface area contributed by atoms with Gasteiger partial charge in [0.15, 0.2) is 6.29 Å². The van der Waals surface area contributed by atoms with Crippen LogP contribution in [0.3, 0.4) is 0 Å². The van der Waals surface area contributed by atoms with Crippen molar-refractivity contribution in [2.45, 2.75) is 30.7 Å². The maximum absolute atomic E-state index is 11.1. The third kappa shape index (κ3) is 7.77. The number of hydrogen-bond acceptors (Lipinski definition) is 9. The fourth-order valence-electron chi connectivity index (χ4n) is 2.05. The van der Waals surface area contributed by atoms with Gasteiger partial charge in [-0.25, -0.2) is 13.7 Å². The average Bonchev–Trinajstić information content (AvgIpc) is 2.38. The Morgan fingerprint density at radius 3 is 1.56 bits per heavy atom. The Bertz CT molecular complexity index is 538. The van der Waals surface area contributed by atoms with Gasteiger partial charge in [-0.05, 0) is 0 Å². The molecule has 1 saturated heterocycles. The first-order chi connectivity index (χ1) is 11.2. The van der Waals surface area contributed by atoms with E-state index in [-0.39, 0.29) is 0 Å². The quantitative estimate of drug-likeness (QED) is 0.200. The number of ether oxygens (including phenoxy) is 2. The number of phosphoric ester groups is 3. The zero-order chi connectivity index (χ0) is 19.6. The van der Waals surface area contributed by atoms with E-state index in [2.05, 4.69) is 13.6 Å². The molecule has 1 aliphatic rings. The minimum atomic E-state index is -5.37. The van der Waals surface area contributed by atoms with Crippen LogP contribution in [0, 0.1) is 0 Å². The predicted octanol–water partition coefficient (Wildman–Crippen LogP) is -2.22. The molecule has 7 N–H and O–H groups in total. The van der Waals surface area contributed by atoms with E-state index in [4.69, 9.17) is 38.8 Å². The van der Waals surface area contributed by atoms with Gasteiger partial charge in [0, 0.05) is 7.11 Å². The van der Waals surface area contributed by atoms with Gasteiger partial charge in [0.2, 0.25) is 0 Å². The SMILES string of the molecule is CO[C@H]1O[C@H](CO)[C@@H](OP(=O)(O)O)[C@H](OP(=O)(O)O)[C@@H]1OP(=O)(O)O. The molecule has 1 fully saturated rings. The zero-order valence-electron chi connectivity index (χ0n) is 12.3. The summed E-state index contributed by atoms with van der Waals surface area (Å²) in [4.78, 5) is 53.6. The summed E-state index contributed by atoms with van der Waals surface area (Å²) in [7, 11) is -15.0. The number of hydrogen-bond donors (Lipinski definition) is 7. The van der Waals surface area contributed by atoms with Gasteiger partial charge in [-0.3, -0.25) is 13.6 Å². The Kier molecular flexibility index (Phi) is 7.89. The summed E-state index contributed by atoms with van der Waals surface area (Å²) >= 11 is 0. The van der Waals surface area contributed by atoms with Crippen molar-refractivity contribution in [3.63, 3.8) is 0 Å². The van der Waals surface area contributed by atoms with E-state index in [0.717, 1.165) is 7.11 Å². The van der Waals surface area contributed by atoms with Crippen LogP contribution in [-0.4, -0.2) is 78.9 Å². The van der Waals surface area contributed by atoms with Crippen molar-refractivity contribution in [2.24, 2.45) is 0 Å². The molecule has 25 heavy (non-hydrogen) atoms. The first kappa shape index (κ1) is 23.2. The van der Waals surface area contributed by atoms with E-state index < -0.39 is 60.8 Å². The summed E-state index contributed by atoms with van der Waals surface area (Å²) in [5, 5.41) is 9.25. The molecule has 0 spiro atoms. The van der Waals surface area contributed by atoms with Crippen LogP contribution in [0.2, 0.25) is 0 Å². The Hall–Kier alpha value is 0.210. The van der Waals surface area contributed by atoms with Crippen LogP contribution in [0.1, 0.15) is 0 Å². The van der Waals surface area contributed by atoms with Crippen LogP contribution in [0.5, 0.6) is 0 Å². The van der Waals surface area contributed by atoms with Gasteiger partial charge in [-0.2, -0.15) is 0 Å². The summed E-state index contributed by atoms with van der Waals surface area (Å²) in [6, 6.07) is 0. The normalized spacial score (nSPS) is 31.9. The van der Waals surface area contributed by atoms with Gasteiger partial charge in [-0.15, -0.1) is 0 Å². The molecule has 0 radical (unpaired) electrons. The number of aliphatic hydroxyl groups is 1. The Morgan fingerprint density at radius 2 is 1.20 bits per heavy atom. The van der Waals surface area contributed by atoms with Gasteiger partial charge in [-0.1, -0.05) is 0 Å². The number of methoxy groups -OCH3 is 1. The van der Waals surface area contributed by atoms with E-state index in [0.29, 0.717) is 0 Å². The average molecular weight is 434 g/mol. The van der Waals surface area contributed by atoms with Gasteiger partial charge in [0.25, 0.3) is 0 Å². The van der Waals surface area contributed by atoms with Crippen molar-refractivity contribution < 1.29 is 71.2 Å². The minimum Gasteiger partial charge on any atom is -0.394 e. The Labute approximate surface area is 140 Å². The zero-order valence-corrected chi connectivity index (χ0v) is 15.0. The van der Waals surface area contributed by atoms with Crippen LogP contribution in [0.25, 0.3) is 0 Å². The second kappa shape index (κ2) is 8.48. The van der Waals surface area contributed by atoms with E-state index in [9.17, 15) is 18.8 Å². The van der Waals surface area contributed by atoms with Crippen LogP contribution in [-0.2, 0) is 36.7 Å². The van der Waals surface area contributed by atoms with Crippen molar-refractivity contribution in [3.05, 3.63) is 0 Å². The molecule has 15 nitrogen and oxygen atoms in total. The highest BCUT2D eigenvalue weighted by atomic mass is 31.2. The lowest BCUT2D eigenvalue weighted by Crippen LogP contribution is -2.60. The summed E-state index contributed by atoms with van der Waals surface area (Å²) < 4.78 is 56.0. The second-order valence-electron chi connectivity index (χ2n) is 4.64. The maximum atomic E-state index is 11.1. The molecule has 0 aliphatic carbocycles. The van der Waals surface area contributed by atoms with E-state index in [1.807, 2.05) is 0 Å². The van der Waals surface area contributed by atoms with Gasteiger partial charge >= 0.3 is 23.5 Å². The van der Waals surface area contributed by atoms with Gasteiger partial charge in [0.1, 0.15) is 24.4 Å². The van der Waals surface area contributed by atoms with E-state index in [1.165, 1.54) is 0 Å². The molecule has 1 heterocycles. The topological polar surface area (TPSA) is 239 Å². The fraction of sp³-hybridized carbons (Fsp3) is 1.00. The van der Waals surface area contributed by atoms with E-state index in [1.54, 1.807) is 0 Å². The van der Waals surface area contributed by atoms with Crippen LogP contribution < -0.4 is 0 Å². The highest BCUT2D eigenvalue weighted by Gasteiger charge is 2.54. The predicted molar refractivity (Wildman–Crippen MR) is 73.5 cm³/mol. The summed E-state index contributed by atoms with van der Waals surface area (Å²) in [6.45, 7) is -0.978. The number of phosphoric acid groups is 3. The molecular weight excluding hydrogens is 417 g/mol. The first-order valence-corrected chi connectivity index (χ1v) is 10.8. The van der Waals surface area contributed by atoms with Crippen LogP contribution in [0.15, 0.2) is 0 Å². The Balaban J connectivity index is 3.34. The molecule has 5 atom stereocenters. The number of aliphatic hydroxyl groups excluding tert-OH is 1. The van der Waals surface area contributed by atoms with Crippen molar-refractivity contribution >= 4 is 23.5 Å². The molecule has 1 aliphatic heterocycles. The fourth-order valence-corrected chi connectivity index (χ4v) is 3.72. The van der Waals surface area contributed by atoms with Crippen LogP contribution >= 0.6 is 23.5 Å². The summed E-state index contributed by atoms with van der Waals surface area (Å²) in [5.74, 6) is 0. The molecule has 0 aromatic rings. The van der Waals surface area contributed by atoms with Crippen molar-refractivity contribution in [1.82, 2.24) is 0 Å². The smallest absolute Gasteiger partial charge is 0.394 e. The molecule has 150 valence electrons. The molecule has 0 saturated carbocycles. The lowest BCUT2D eigenvalue weighted by atomic mass is 9.99. The lowest BCUT2D eigenvalue weighted by molar-refractivity contribution is -0.285. The van der Waals surface area contributed by atoms with Gasteiger partial charge in [0.05, 0.1) is 6.61 Å². The van der Waals surface area contributed by atoms with E-state index >= 15 is 0 Å². The second-order valence-corrected chi connectivity index (χ2v) is 8.22. The van der Waals surface area contributed by atoms with Crippen LogP contribution in [0.4, 0.5) is 0 Å². The summed E-state index contributed by atoms with van der Waals surface area (Å²) in [5.41, 5.74) is 0. The third-order valence-electron chi connectivity index (χ3n) is 2.78. The third-order valence-corrected chi connectivity index (χ3v) is 4.33. The standard InChI is InChI=1S/C7H17O15P3/c1-18-7-6(22-25(15,16)17)5(21-24(12,13)14)4(3(2-8)19-7)20-23(9,10)11/h3-8H,2H2,1H3,(H2,9,10,11)(H2,12,13,14)(H2,15,16,17)/t3-,4-,5+,6+,7+/m1/s1. The van der Waals surface area contributed by atoms with Crippen molar-refractivity contribution in [3.8, 4) is 0 Å². The molecule has 18 heteroatoms. The molecule has 0 amide bonds. The highest BCUT2D eigenvalue weighted by Crippen LogP contribution is 2.50. The molecule has 0 bridgehead atoms. The van der Waals surface area contributed by atoms with Crippen molar-refractivity contribution in [2.75, 3.05) is 13.7 Å². The minimum absolute atomic E-state index is 0.966. The monoisotopic (exact) mass is 434 g/mol. The molecule has 0 aromatic carbocycles. The molecule has 1 rings (SSSR count). The summed E-state index contributed by atoms with van der Waals surface area (Å²) in [6.07, 6.45) is -9.75. The number of rotatable bonds is 8.